The van der Waals surface area contributed by atoms with Gasteiger partial charge in [-0.1, -0.05) is 0 Å². The summed E-state index contributed by atoms with van der Waals surface area (Å²) >= 11 is 2.17. The monoisotopic (exact) mass is 200 g/mol. The average Bonchev–Trinajstić information content (AvgIpc) is 2.38. The molecular formula is C15H13Li. The molecule has 0 saturated carbocycles. The molecule has 2 rings (SSSR count). The second kappa shape index (κ2) is 5.75. The average molecular weight is 200 g/mol. The van der Waals surface area contributed by atoms with Crippen LogP contribution in [0, 0.1) is 0 Å². The summed E-state index contributed by atoms with van der Waals surface area (Å²) in [5.41, 5.74) is 3.90. The van der Waals surface area contributed by atoms with Gasteiger partial charge in [0.25, 0.3) is 0 Å². The van der Waals surface area contributed by atoms with E-state index >= 15 is 0 Å². The van der Waals surface area contributed by atoms with Crippen molar-refractivity contribution in [2.24, 2.45) is 0 Å². The Labute approximate surface area is 106 Å². The van der Waals surface area contributed by atoms with Gasteiger partial charge in [-0.3, -0.25) is 0 Å². The molecule has 0 unspecified atom stereocenters. The molecular weight excluding hydrogens is 187 g/mol. The number of allylic oxidation sites excluding steroid dienone is 1. The molecule has 0 saturated heterocycles. The van der Waals surface area contributed by atoms with Gasteiger partial charge in [0.2, 0.25) is 0 Å². The van der Waals surface area contributed by atoms with Crippen molar-refractivity contribution in [3.8, 4) is 0 Å². The summed E-state index contributed by atoms with van der Waals surface area (Å²) < 4.78 is 0. The molecule has 0 nitrogen and oxygen atoms in total. The minimum atomic E-state index is 1.05. The van der Waals surface area contributed by atoms with Crippen molar-refractivity contribution in [2.75, 3.05) is 0 Å². The molecule has 0 fully saturated rings. The van der Waals surface area contributed by atoms with Crippen LogP contribution in [-0.2, 0) is 0 Å². The van der Waals surface area contributed by atoms with Crippen LogP contribution in [0.5, 0.6) is 0 Å². The van der Waals surface area contributed by atoms with Crippen LogP contribution in [0.3, 0.4) is 0 Å². The molecule has 0 aliphatic heterocycles. The molecule has 0 N–H and O–H groups in total. The van der Waals surface area contributed by atoms with Crippen LogP contribution >= 0.6 is 0 Å². The predicted molar refractivity (Wildman–Crippen MR) is 70.5 cm³/mol. The van der Waals surface area contributed by atoms with Crippen LogP contribution in [0.15, 0.2) is 66.7 Å². The number of hydrogen-bond donors (Lipinski definition) is 0. The van der Waals surface area contributed by atoms with E-state index in [2.05, 4.69) is 84.5 Å². The fourth-order valence-electron chi connectivity index (χ4n) is 1.84. The molecule has 0 atom stereocenters. The van der Waals surface area contributed by atoms with Gasteiger partial charge < -0.3 is 0 Å². The van der Waals surface area contributed by atoms with Crippen LogP contribution in [0.4, 0.5) is 0 Å². The van der Waals surface area contributed by atoms with Crippen LogP contribution in [0.1, 0.15) is 11.1 Å². The van der Waals surface area contributed by atoms with E-state index in [1.807, 2.05) is 0 Å². The van der Waals surface area contributed by atoms with Gasteiger partial charge in [-0.2, -0.15) is 0 Å². The summed E-state index contributed by atoms with van der Waals surface area (Å²) in [7, 11) is 0. The fourth-order valence-corrected chi connectivity index (χ4v) is 1.84. The quantitative estimate of drug-likeness (QED) is 0.662. The van der Waals surface area contributed by atoms with Gasteiger partial charge in [-0.05, 0) is 0 Å². The van der Waals surface area contributed by atoms with E-state index in [9.17, 15) is 0 Å². The Balaban J connectivity index is 2.44. The summed E-state index contributed by atoms with van der Waals surface area (Å²) in [6.07, 6.45) is 2.28. The van der Waals surface area contributed by atoms with Crippen molar-refractivity contribution < 1.29 is 0 Å². The molecule has 16 heavy (non-hydrogen) atoms. The summed E-state index contributed by atoms with van der Waals surface area (Å²) in [6.45, 7) is 0. The van der Waals surface area contributed by atoms with Gasteiger partial charge in [0.15, 0.2) is 0 Å². The first-order chi connectivity index (χ1) is 7.92. The van der Waals surface area contributed by atoms with E-state index in [0.717, 1.165) is 5.09 Å². The summed E-state index contributed by atoms with van der Waals surface area (Å²) in [6, 6.07) is 21.1. The molecule has 74 valence electrons. The molecule has 0 amide bonds. The molecule has 0 aromatic heterocycles. The third kappa shape index (κ3) is 2.67. The molecule has 1 heteroatoms. The Kier molecular flexibility index (Phi) is 4.05. The van der Waals surface area contributed by atoms with Gasteiger partial charge in [-0.15, -0.1) is 0 Å². The molecule has 0 aliphatic carbocycles. The van der Waals surface area contributed by atoms with E-state index in [-0.39, 0.29) is 0 Å². The maximum absolute atomic E-state index is 2.28. The molecule has 0 aliphatic rings. The normalized spacial score (nSPS) is 9.88. The van der Waals surface area contributed by atoms with E-state index in [0.29, 0.717) is 0 Å². The van der Waals surface area contributed by atoms with Crippen molar-refractivity contribution in [3.63, 3.8) is 0 Å². The molecule has 2 aromatic rings. The standard InChI is InChI=1S/C15H13.Li/c1-2-15(13-9-5-3-6-10-13)14-11-7-4-8-12-14;/h2-12H,1H2;. The second-order valence-corrected chi connectivity index (χ2v) is 3.76. The first-order valence-corrected chi connectivity index (χ1v) is 5.73. The van der Waals surface area contributed by atoms with Gasteiger partial charge in [0, 0.05) is 0 Å². The second-order valence-electron chi connectivity index (χ2n) is 3.76. The Morgan fingerprint density at radius 2 is 1.25 bits per heavy atom. The molecule has 0 bridgehead atoms. The number of rotatable bonds is 3. The van der Waals surface area contributed by atoms with Gasteiger partial charge in [-0.25, -0.2) is 0 Å². The number of hydrogen-bond acceptors (Lipinski definition) is 0. The fraction of sp³-hybridized carbons (Fsp3) is 0.0667. The summed E-state index contributed by atoms with van der Waals surface area (Å²) in [5.74, 6) is 0. The SMILES string of the molecule is [Li][CH2]C=C(c1ccccc1)c1ccccc1. The van der Waals surface area contributed by atoms with Crippen LogP contribution < -0.4 is 0 Å². The Morgan fingerprint density at radius 3 is 1.62 bits per heavy atom. The van der Waals surface area contributed by atoms with Crippen LogP contribution in [0.25, 0.3) is 5.57 Å². The van der Waals surface area contributed by atoms with E-state index in [1.54, 1.807) is 0 Å². The van der Waals surface area contributed by atoms with Gasteiger partial charge in [0.1, 0.15) is 0 Å². The molecule has 2 aromatic carbocycles. The van der Waals surface area contributed by atoms with E-state index in [1.165, 1.54) is 16.7 Å². The van der Waals surface area contributed by atoms with Gasteiger partial charge in [0.05, 0.1) is 0 Å². The zero-order valence-electron chi connectivity index (χ0n) is 9.56. The molecule has 0 spiro atoms. The molecule has 0 heterocycles. The summed E-state index contributed by atoms with van der Waals surface area (Å²) in [5, 5.41) is 1.05. The Bertz CT molecular complexity index is 416. The van der Waals surface area contributed by atoms with Gasteiger partial charge >= 0.3 is 106 Å². The van der Waals surface area contributed by atoms with Crippen molar-refractivity contribution in [1.82, 2.24) is 0 Å². The zero-order chi connectivity index (χ0) is 11.2. The summed E-state index contributed by atoms with van der Waals surface area (Å²) in [4.78, 5) is 0. The van der Waals surface area contributed by atoms with Crippen molar-refractivity contribution >= 4 is 23.3 Å². The minimum absolute atomic E-state index is 1.05. The Hall–Kier alpha value is -1.22. The third-order valence-electron chi connectivity index (χ3n) is 2.58. The Morgan fingerprint density at radius 1 is 0.812 bits per heavy atom. The first-order valence-electron chi connectivity index (χ1n) is 5.73. The van der Waals surface area contributed by atoms with E-state index < -0.39 is 0 Å². The van der Waals surface area contributed by atoms with Crippen molar-refractivity contribution in [1.29, 1.82) is 0 Å². The van der Waals surface area contributed by atoms with Crippen LogP contribution in [-0.4, -0.2) is 17.7 Å². The topological polar surface area (TPSA) is 0 Å². The molecule has 0 radical (unpaired) electrons. The first kappa shape index (κ1) is 11.3. The predicted octanol–water partition coefficient (Wildman–Crippen LogP) is 3.71. The van der Waals surface area contributed by atoms with E-state index in [4.69, 9.17) is 0 Å². The zero-order valence-corrected chi connectivity index (χ0v) is 9.56. The number of benzene rings is 2. The van der Waals surface area contributed by atoms with Crippen molar-refractivity contribution in [2.45, 2.75) is 5.09 Å². The maximum atomic E-state index is 2.28. The van der Waals surface area contributed by atoms with Crippen LogP contribution in [0.2, 0.25) is 5.09 Å². The third-order valence-corrected chi connectivity index (χ3v) is 2.58. The van der Waals surface area contributed by atoms with Crippen molar-refractivity contribution in [3.05, 3.63) is 77.9 Å².